The van der Waals surface area contributed by atoms with Crippen LogP contribution in [-0.2, 0) is 42.4 Å². The molecule has 2 amide bonds. The van der Waals surface area contributed by atoms with Crippen LogP contribution in [0.5, 0.6) is 5.75 Å². The zero-order valence-corrected chi connectivity index (χ0v) is 32.9. The number of phenolic OH excluding ortho intramolecular Hbond substituents is 1. The second kappa shape index (κ2) is 17.6. The molecule has 3 atom stereocenters. The summed E-state index contributed by atoms with van der Waals surface area (Å²) in [6, 6.07) is 27.1. The highest BCUT2D eigenvalue weighted by Gasteiger charge is 2.30. The number of aromatic hydroxyl groups is 1. The van der Waals surface area contributed by atoms with Gasteiger partial charge in [0, 0.05) is 62.3 Å². The minimum Gasteiger partial charge on any atom is -0.508 e. The van der Waals surface area contributed by atoms with E-state index in [1.165, 1.54) is 0 Å². The van der Waals surface area contributed by atoms with E-state index in [-0.39, 0.29) is 18.1 Å². The SMILES string of the molecule is Cc1cc(O)cc(C)c1CC(NC(=O)C(N)CCCn1ccnc1N)C(=O)NC(Cc1cn(C)c2ccccc12)c1nc(Cc2ccc(-c3ccccc3)cc2)no1. The molecular weight excluding hydrogens is 731 g/mol. The maximum absolute atomic E-state index is 14.6. The number of amides is 2. The molecule has 0 saturated heterocycles. The van der Waals surface area contributed by atoms with Crippen LogP contribution >= 0.6 is 0 Å². The van der Waals surface area contributed by atoms with E-state index in [0.29, 0.717) is 44.0 Å². The Kier molecular flexibility index (Phi) is 12.0. The Morgan fingerprint density at radius 1 is 0.897 bits per heavy atom. The zero-order valence-electron chi connectivity index (χ0n) is 32.9. The van der Waals surface area contributed by atoms with Crippen LogP contribution in [0.1, 0.15) is 58.4 Å². The van der Waals surface area contributed by atoms with Gasteiger partial charge in [0.05, 0.1) is 6.04 Å². The molecule has 0 aliphatic heterocycles. The maximum atomic E-state index is 14.6. The van der Waals surface area contributed by atoms with Crippen LogP contribution in [0.2, 0.25) is 0 Å². The number of phenols is 1. The molecule has 13 nitrogen and oxygen atoms in total. The number of nitrogen functional groups attached to an aromatic ring is 1. The zero-order chi connectivity index (χ0) is 40.8. The third-order valence-electron chi connectivity index (χ3n) is 10.6. The number of anilines is 1. The van der Waals surface area contributed by atoms with Crippen molar-refractivity contribution in [2.24, 2.45) is 12.8 Å². The molecule has 13 heteroatoms. The van der Waals surface area contributed by atoms with E-state index in [9.17, 15) is 14.7 Å². The largest absolute Gasteiger partial charge is 0.508 e. The molecule has 7 rings (SSSR count). The smallest absolute Gasteiger partial charge is 0.249 e. The lowest BCUT2D eigenvalue weighted by molar-refractivity contribution is -0.130. The Morgan fingerprint density at radius 2 is 1.60 bits per heavy atom. The Balaban J connectivity index is 1.14. The second-order valence-corrected chi connectivity index (χ2v) is 14.9. The van der Waals surface area contributed by atoms with Crippen LogP contribution in [-0.4, -0.2) is 53.3 Å². The van der Waals surface area contributed by atoms with E-state index in [1.807, 2.05) is 86.3 Å². The highest BCUT2D eigenvalue weighted by Crippen LogP contribution is 2.28. The minimum absolute atomic E-state index is 0.124. The van der Waals surface area contributed by atoms with Gasteiger partial charge < -0.3 is 40.9 Å². The normalized spacial score (nSPS) is 13.0. The molecule has 0 radical (unpaired) electrons. The fraction of sp³-hybridized carbons (Fsp3) is 0.267. The fourth-order valence-corrected chi connectivity index (χ4v) is 7.52. The summed E-state index contributed by atoms with van der Waals surface area (Å²) in [5, 5.41) is 21.7. The van der Waals surface area contributed by atoms with E-state index in [0.717, 1.165) is 49.8 Å². The van der Waals surface area contributed by atoms with Gasteiger partial charge in [-0.25, -0.2) is 4.98 Å². The van der Waals surface area contributed by atoms with Gasteiger partial charge in [0.25, 0.3) is 0 Å². The summed E-state index contributed by atoms with van der Waals surface area (Å²) in [5.41, 5.74) is 20.0. The van der Waals surface area contributed by atoms with Gasteiger partial charge in [-0.1, -0.05) is 78.0 Å². The molecule has 3 unspecified atom stereocenters. The molecule has 0 saturated carbocycles. The standard InChI is InChI=1S/C45H49N9O4/c1-28-22-34(55)23-29(2)36(28)26-38(49-42(56)37(46)13-9-20-54-21-19-48-45(54)47)43(57)50-39(25-33-27-53(3)40-14-8-7-12-35(33)40)44-51-41(52-58-44)24-30-15-17-32(18-16-30)31-10-5-4-6-11-31/h4-8,10-12,14-19,21-23,27,37-39,55H,9,13,20,24-26,46H2,1-3H3,(H2,47,48)(H,49,56)(H,50,57). The summed E-state index contributed by atoms with van der Waals surface area (Å²) in [5.74, 6) is 0.326. The third kappa shape index (κ3) is 9.27. The first-order chi connectivity index (χ1) is 28.0. The number of carbonyl (C=O) groups is 2. The first-order valence-corrected chi connectivity index (χ1v) is 19.4. The van der Waals surface area contributed by atoms with E-state index in [4.69, 9.17) is 21.0 Å². The van der Waals surface area contributed by atoms with Crippen LogP contribution in [0.3, 0.4) is 0 Å². The fourth-order valence-electron chi connectivity index (χ4n) is 7.52. The Labute approximate surface area is 337 Å². The second-order valence-electron chi connectivity index (χ2n) is 14.9. The summed E-state index contributed by atoms with van der Waals surface area (Å²) in [6.45, 7) is 4.28. The van der Waals surface area contributed by atoms with Gasteiger partial charge in [-0.3, -0.25) is 9.59 Å². The van der Waals surface area contributed by atoms with Gasteiger partial charge in [-0.2, -0.15) is 4.98 Å². The number of carbonyl (C=O) groups excluding carboxylic acids is 2. The van der Waals surface area contributed by atoms with Crippen molar-refractivity contribution >= 4 is 28.7 Å². The van der Waals surface area contributed by atoms with Gasteiger partial charge in [0.15, 0.2) is 11.8 Å². The van der Waals surface area contributed by atoms with Crippen LogP contribution in [0.25, 0.3) is 22.0 Å². The molecule has 3 aromatic heterocycles. The first kappa shape index (κ1) is 39.5. The Morgan fingerprint density at radius 3 is 2.33 bits per heavy atom. The van der Waals surface area contributed by atoms with Crippen molar-refractivity contribution in [3.63, 3.8) is 0 Å². The molecule has 0 bridgehead atoms. The van der Waals surface area contributed by atoms with E-state index < -0.39 is 29.9 Å². The highest BCUT2D eigenvalue weighted by atomic mass is 16.5. The molecule has 0 aliphatic rings. The number of nitrogens with two attached hydrogens (primary N) is 2. The average Bonchev–Trinajstić information content (AvgIpc) is 3.94. The molecule has 0 fully saturated rings. The third-order valence-corrected chi connectivity index (χ3v) is 10.6. The summed E-state index contributed by atoms with van der Waals surface area (Å²) in [4.78, 5) is 37.1. The number of imidazole rings is 1. The van der Waals surface area contributed by atoms with Crippen molar-refractivity contribution in [2.75, 3.05) is 5.73 Å². The van der Waals surface area contributed by atoms with Crippen LogP contribution < -0.4 is 22.1 Å². The predicted octanol–water partition coefficient (Wildman–Crippen LogP) is 5.86. The first-order valence-electron chi connectivity index (χ1n) is 19.4. The topological polar surface area (TPSA) is 192 Å². The van der Waals surface area contributed by atoms with Crippen LogP contribution in [0, 0.1) is 13.8 Å². The summed E-state index contributed by atoms with van der Waals surface area (Å²) in [6.07, 6.45) is 7.29. The monoisotopic (exact) mass is 779 g/mol. The van der Waals surface area contributed by atoms with E-state index in [1.54, 1.807) is 29.1 Å². The summed E-state index contributed by atoms with van der Waals surface area (Å²) < 4.78 is 9.74. The predicted molar refractivity (Wildman–Crippen MR) is 224 cm³/mol. The summed E-state index contributed by atoms with van der Waals surface area (Å²) >= 11 is 0. The number of nitrogens with zero attached hydrogens (tertiary/aromatic N) is 5. The number of hydrogen-bond donors (Lipinski definition) is 5. The van der Waals surface area contributed by atoms with Crippen LogP contribution in [0.15, 0.2) is 114 Å². The number of nitrogens with one attached hydrogen (secondary N) is 2. The minimum atomic E-state index is -1.02. The van der Waals surface area contributed by atoms with E-state index >= 15 is 0 Å². The Hall–Kier alpha value is -6.73. The Bertz CT molecular complexity index is 2480. The van der Waals surface area contributed by atoms with Crippen molar-refractivity contribution in [1.29, 1.82) is 0 Å². The number of benzene rings is 4. The number of para-hydroxylation sites is 1. The van der Waals surface area contributed by atoms with Crippen molar-refractivity contribution in [2.45, 2.75) is 70.6 Å². The van der Waals surface area contributed by atoms with Crippen molar-refractivity contribution in [3.05, 3.63) is 149 Å². The van der Waals surface area contributed by atoms with E-state index in [2.05, 4.69) is 45.0 Å². The van der Waals surface area contributed by atoms with Crippen molar-refractivity contribution in [1.82, 2.24) is 34.9 Å². The maximum Gasteiger partial charge on any atom is 0.249 e. The molecule has 7 N–H and O–H groups in total. The number of hydrogen-bond acceptors (Lipinski definition) is 9. The molecule has 0 spiro atoms. The molecule has 58 heavy (non-hydrogen) atoms. The quantitative estimate of drug-likeness (QED) is 0.0800. The van der Waals surface area contributed by atoms with Gasteiger partial charge in [-0.15, -0.1) is 0 Å². The molecule has 7 aromatic rings. The number of fused-ring (bicyclic) bond motifs is 1. The number of aromatic nitrogens is 5. The number of aryl methyl sites for hydroxylation is 4. The lowest BCUT2D eigenvalue weighted by Crippen LogP contribution is -2.53. The summed E-state index contributed by atoms with van der Waals surface area (Å²) in [7, 11) is 1.98. The van der Waals surface area contributed by atoms with Gasteiger partial charge in [0.1, 0.15) is 17.8 Å². The average molecular weight is 780 g/mol. The number of rotatable bonds is 16. The molecule has 298 valence electrons. The molecule has 3 heterocycles. The van der Waals surface area contributed by atoms with Gasteiger partial charge >= 0.3 is 0 Å². The molecule has 4 aromatic carbocycles. The van der Waals surface area contributed by atoms with Crippen LogP contribution in [0.4, 0.5) is 5.95 Å². The molecule has 0 aliphatic carbocycles. The van der Waals surface area contributed by atoms with Crippen molar-refractivity contribution in [3.8, 4) is 16.9 Å². The van der Waals surface area contributed by atoms with Gasteiger partial charge in [-0.05, 0) is 83.8 Å². The van der Waals surface area contributed by atoms with Gasteiger partial charge in [0.2, 0.25) is 17.7 Å². The van der Waals surface area contributed by atoms with Crippen molar-refractivity contribution < 1.29 is 19.2 Å². The lowest BCUT2D eigenvalue weighted by atomic mass is 9.95. The highest BCUT2D eigenvalue weighted by molar-refractivity contribution is 5.90. The molecular formula is C45H49N9O4. The lowest BCUT2D eigenvalue weighted by Gasteiger charge is -2.24.